The zero-order chi connectivity index (χ0) is 19.9. The van der Waals surface area contributed by atoms with E-state index in [1.165, 1.54) is 11.3 Å². The van der Waals surface area contributed by atoms with E-state index in [0.717, 1.165) is 22.6 Å². The standard InChI is InChI=1S/C21H23N3O3S/c1-14(2)27-20-10-15(8-9-19(20)26-4)12-22-24-21-23-18(13-28-21)16-6-5-7-17(11-16)25-3/h5-14H,1-4H3,(H,23,24)/b22-12-. The molecular formula is C21H23N3O3S. The number of hydrogen-bond donors (Lipinski definition) is 1. The van der Waals surface area contributed by atoms with Gasteiger partial charge in [0.2, 0.25) is 5.13 Å². The third kappa shape index (κ3) is 5.01. The summed E-state index contributed by atoms with van der Waals surface area (Å²) in [4.78, 5) is 4.56. The summed E-state index contributed by atoms with van der Waals surface area (Å²) >= 11 is 1.49. The Kier molecular flexibility index (Phi) is 6.49. The van der Waals surface area contributed by atoms with Crippen LogP contribution in [0.25, 0.3) is 11.3 Å². The molecule has 0 fully saturated rings. The minimum Gasteiger partial charge on any atom is -0.497 e. The predicted molar refractivity (Wildman–Crippen MR) is 114 cm³/mol. The Morgan fingerprint density at radius 2 is 1.93 bits per heavy atom. The summed E-state index contributed by atoms with van der Waals surface area (Å²) in [5.74, 6) is 2.19. The predicted octanol–water partition coefficient (Wildman–Crippen LogP) is 5.06. The first kappa shape index (κ1) is 19.7. The summed E-state index contributed by atoms with van der Waals surface area (Å²) in [5, 5.41) is 6.97. The van der Waals surface area contributed by atoms with Crippen LogP contribution in [0, 0.1) is 0 Å². The molecule has 3 aromatic rings. The fraction of sp³-hybridized carbons (Fsp3) is 0.238. The van der Waals surface area contributed by atoms with Crippen LogP contribution < -0.4 is 19.6 Å². The smallest absolute Gasteiger partial charge is 0.203 e. The van der Waals surface area contributed by atoms with E-state index in [-0.39, 0.29) is 6.10 Å². The van der Waals surface area contributed by atoms with Gasteiger partial charge < -0.3 is 14.2 Å². The average Bonchev–Trinajstić information content (AvgIpc) is 3.17. The molecule has 0 saturated heterocycles. The summed E-state index contributed by atoms with van der Waals surface area (Å²) in [6.07, 6.45) is 1.78. The van der Waals surface area contributed by atoms with Crippen molar-refractivity contribution in [3.63, 3.8) is 0 Å². The number of anilines is 1. The van der Waals surface area contributed by atoms with E-state index >= 15 is 0 Å². The van der Waals surface area contributed by atoms with Crippen molar-refractivity contribution >= 4 is 22.7 Å². The molecule has 1 N–H and O–H groups in total. The van der Waals surface area contributed by atoms with Gasteiger partial charge in [-0.25, -0.2) is 4.98 Å². The average molecular weight is 398 g/mol. The van der Waals surface area contributed by atoms with Crippen molar-refractivity contribution in [3.8, 4) is 28.5 Å². The number of nitrogens with zero attached hydrogens (tertiary/aromatic N) is 2. The Hall–Kier alpha value is -3.06. The van der Waals surface area contributed by atoms with E-state index in [0.29, 0.717) is 16.6 Å². The maximum Gasteiger partial charge on any atom is 0.203 e. The third-order valence-corrected chi connectivity index (χ3v) is 4.54. The monoisotopic (exact) mass is 397 g/mol. The lowest BCUT2D eigenvalue weighted by Crippen LogP contribution is -2.07. The van der Waals surface area contributed by atoms with E-state index in [4.69, 9.17) is 14.2 Å². The van der Waals surface area contributed by atoms with Crippen LogP contribution in [-0.4, -0.2) is 31.5 Å². The zero-order valence-electron chi connectivity index (χ0n) is 16.3. The van der Waals surface area contributed by atoms with Crippen LogP contribution in [0.5, 0.6) is 17.2 Å². The van der Waals surface area contributed by atoms with Gasteiger partial charge in [-0.1, -0.05) is 12.1 Å². The fourth-order valence-electron chi connectivity index (χ4n) is 2.52. The molecule has 6 nitrogen and oxygen atoms in total. The molecular weight excluding hydrogens is 374 g/mol. The number of rotatable bonds is 8. The van der Waals surface area contributed by atoms with Crippen molar-refractivity contribution < 1.29 is 14.2 Å². The van der Waals surface area contributed by atoms with E-state index in [9.17, 15) is 0 Å². The van der Waals surface area contributed by atoms with E-state index in [1.807, 2.05) is 61.7 Å². The first-order valence-electron chi connectivity index (χ1n) is 8.82. The van der Waals surface area contributed by atoms with E-state index in [2.05, 4.69) is 15.5 Å². The quantitative estimate of drug-likeness (QED) is 0.425. The molecule has 0 aliphatic rings. The van der Waals surface area contributed by atoms with Gasteiger partial charge in [-0.3, -0.25) is 5.43 Å². The minimum atomic E-state index is 0.0598. The van der Waals surface area contributed by atoms with Crippen molar-refractivity contribution in [3.05, 3.63) is 53.4 Å². The van der Waals surface area contributed by atoms with Crippen molar-refractivity contribution in [1.29, 1.82) is 0 Å². The lowest BCUT2D eigenvalue weighted by molar-refractivity contribution is 0.230. The molecule has 28 heavy (non-hydrogen) atoms. The van der Waals surface area contributed by atoms with Crippen molar-refractivity contribution in [2.24, 2.45) is 5.10 Å². The molecule has 0 amide bonds. The van der Waals surface area contributed by atoms with Gasteiger partial charge in [0.15, 0.2) is 11.5 Å². The van der Waals surface area contributed by atoms with Crippen LogP contribution in [0.2, 0.25) is 0 Å². The van der Waals surface area contributed by atoms with Gasteiger partial charge in [-0.05, 0) is 49.7 Å². The first-order chi connectivity index (χ1) is 13.6. The summed E-state index contributed by atoms with van der Waals surface area (Å²) < 4.78 is 16.4. The molecule has 0 radical (unpaired) electrons. The molecule has 2 aromatic carbocycles. The number of thiazole rings is 1. The second-order valence-corrected chi connectivity index (χ2v) is 7.07. The van der Waals surface area contributed by atoms with Gasteiger partial charge in [-0.2, -0.15) is 5.10 Å². The molecule has 3 rings (SSSR count). The molecule has 0 aliphatic carbocycles. The summed E-state index contributed by atoms with van der Waals surface area (Å²) in [6, 6.07) is 13.5. The Morgan fingerprint density at radius 3 is 2.68 bits per heavy atom. The number of hydrogen-bond acceptors (Lipinski definition) is 7. The molecule has 1 aromatic heterocycles. The van der Waals surface area contributed by atoms with Gasteiger partial charge in [0, 0.05) is 10.9 Å². The van der Waals surface area contributed by atoms with Crippen LogP contribution in [0.3, 0.4) is 0 Å². The highest BCUT2D eigenvalue weighted by Crippen LogP contribution is 2.29. The largest absolute Gasteiger partial charge is 0.497 e. The second-order valence-electron chi connectivity index (χ2n) is 6.22. The third-order valence-electron chi connectivity index (χ3n) is 3.79. The summed E-state index contributed by atoms with van der Waals surface area (Å²) in [7, 11) is 3.28. The Bertz CT molecular complexity index is 954. The minimum absolute atomic E-state index is 0.0598. The van der Waals surface area contributed by atoms with Gasteiger partial charge in [0.1, 0.15) is 5.75 Å². The highest BCUT2D eigenvalue weighted by molar-refractivity contribution is 7.14. The van der Waals surface area contributed by atoms with Crippen molar-refractivity contribution in [2.75, 3.05) is 19.6 Å². The first-order valence-corrected chi connectivity index (χ1v) is 9.70. The normalized spacial score (nSPS) is 11.0. The molecule has 0 aliphatic heterocycles. The lowest BCUT2D eigenvalue weighted by Gasteiger charge is -2.13. The summed E-state index contributed by atoms with van der Waals surface area (Å²) in [5.41, 5.74) is 5.74. The number of aromatic nitrogens is 1. The molecule has 0 atom stereocenters. The lowest BCUT2D eigenvalue weighted by atomic mass is 10.2. The zero-order valence-corrected chi connectivity index (χ0v) is 17.1. The number of nitrogens with one attached hydrogen (secondary N) is 1. The Morgan fingerprint density at radius 1 is 1.07 bits per heavy atom. The molecule has 0 saturated carbocycles. The summed E-state index contributed by atoms with van der Waals surface area (Å²) in [6.45, 7) is 3.95. The van der Waals surface area contributed by atoms with Gasteiger partial charge in [0.25, 0.3) is 0 Å². The van der Waals surface area contributed by atoms with Crippen LogP contribution >= 0.6 is 11.3 Å². The van der Waals surface area contributed by atoms with Gasteiger partial charge in [0.05, 0.1) is 32.2 Å². The second kappa shape index (κ2) is 9.23. The number of hydrazone groups is 1. The highest BCUT2D eigenvalue weighted by atomic mass is 32.1. The molecule has 0 spiro atoms. The Labute approximate surface area is 168 Å². The van der Waals surface area contributed by atoms with Crippen LogP contribution in [0.15, 0.2) is 52.9 Å². The number of benzene rings is 2. The van der Waals surface area contributed by atoms with Gasteiger partial charge >= 0.3 is 0 Å². The molecule has 1 heterocycles. The maximum absolute atomic E-state index is 5.79. The maximum atomic E-state index is 5.79. The number of methoxy groups -OCH3 is 2. The molecule has 146 valence electrons. The van der Waals surface area contributed by atoms with Crippen molar-refractivity contribution in [2.45, 2.75) is 20.0 Å². The Balaban J connectivity index is 1.69. The highest BCUT2D eigenvalue weighted by Gasteiger charge is 2.07. The molecule has 0 bridgehead atoms. The van der Waals surface area contributed by atoms with Crippen LogP contribution in [-0.2, 0) is 0 Å². The fourth-order valence-corrected chi connectivity index (χ4v) is 3.19. The molecule has 7 heteroatoms. The van der Waals surface area contributed by atoms with Crippen LogP contribution in [0.1, 0.15) is 19.4 Å². The van der Waals surface area contributed by atoms with E-state index < -0.39 is 0 Å². The SMILES string of the molecule is COc1cccc(-c2csc(N/N=C\c3ccc(OC)c(OC(C)C)c3)n2)c1. The van der Waals surface area contributed by atoms with E-state index in [1.54, 1.807) is 20.4 Å². The molecule has 0 unspecified atom stereocenters. The van der Waals surface area contributed by atoms with Gasteiger partial charge in [-0.15, -0.1) is 11.3 Å². The number of ether oxygens (including phenoxy) is 3. The van der Waals surface area contributed by atoms with Crippen molar-refractivity contribution in [1.82, 2.24) is 4.98 Å². The topological polar surface area (TPSA) is 65.0 Å². The van der Waals surface area contributed by atoms with Crippen LogP contribution in [0.4, 0.5) is 5.13 Å².